The number of rotatable bonds is 9. The minimum Gasteiger partial charge on any atom is -0.359 e. The average Bonchev–Trinajstić information content (AvgIpc) is 3.19. The minimum atomic E-state index is -2.78. The largest absolute Gasteiger partial charge is 0.359 e. The van der Waals surface area contributed by atoms with E-state index in [1.54, 1.807) is 0 Å². The highest BCUT2D eigenvalue weighted by Crippen LogP contribution is 2.30. The summed E-state index contributed by atoms with van der Waals surface area (Å²) in [6, 6.07) is 3.81. The van der Waals surface area contributed by atoms with Crippen molar-refractivity contribution in [1.29, 1.82) is 0 Å². The number of nitrogens with two attached hydrogens (primary N) is 1. The topological polar surface area (TPSA) is 96.2 Å². The van der Waals surface area contributed by atoms with Crippen LogP contribution in [0.4, 0.5) is 13.2 Å². The first kappa shape index (κ1) is 26.3. The summed E-state index contributed by atoms with van der Waals surface area (Å²) in [6.45, 7) is 6.50. The predicted molar refractivity (Wildman–Crippen MR) is 124 cm³/mol. The van der Waals surface area contributed by atoms with Gasteiger partial charge >= 0.3 is 0 Å². The number of aryl methyl sites for hydroxylation is 1. The van der Waals surface area contributed by atoms with Gasteiger partial charge in [0, 0.05) is 55.1 Å². The fourth-order valence-electron chi connectivity index (χ4n) is 4.30. The van der Waals surface area contributed by atoms with Crippen molar-refractivity contribution in [2.24, 2.45) is 5.73 Å². The van der Waals surface area contributed by atoms with Gasteiger partial charge in [-0.05, 0) is 44.3 Å². The zero-order valence-electron chi connectivity index (χ0n) is 19.1. The lowest BCUT2D eigenvalue weighted by Gasteiger charge is -2.44. The predicted octanol–water partition coefficient (Wildman–Crippen LogP) is 3.23. The van der Waals surface area contributed by atoms with Gasteiger partial charge in [0.25, 0.3) is 6.43 Å². The zero-order chi connectivity index (χ0) is 24.7. The van der Waals surface area contributed by atoms with Gasteiger partial charge in [-0.15, -0.1) is 0 Å². The third-order valence-corrected chi connectivity index (χ3v) is 6.60. The molecule has 1 amide bonds. The van der Waals surface area contributed by atoms with Crippen LogP contribution in [-0.2, 0) is 24.4 Å². The van der Waals surface area contributed by atoms with E-state index in [1.165, 1.54) is 24.1 Å². The monoisotopic (exact) mass is 498 g/mol. The molecule has 11 heteroatoms. The lowest BCUT2D eigenvalue weighted by Crippen LogP contribution is -2.59. The van der Waals surface area contributed by atoms with Crippen LogP contribution in [0.2, 0.25) is 5.28 Å². The van der Waals surface area contributed by atoms with Crippen LogP contribution in [0.15, 0.2) is 18.2 Å². The van der Waals surface area contributed by atoms with E-state index in [2.05, 4.69) is 25.5 Å². The van der Waals surface area contributed by atoms with Gasteiger partial charge in [0.05, 0.1) is 11.3 Å². The van der Waals surface area contributed by atoms with E-state index in [-0.39, 0.29) is 17.6 Å². The minimum absolute atomic E-state index is 0.0631. The number of aromatic nitrogens is 2. The van der Waals surface area contributed by atoms with Crippen LogP contribution >= 0.6 is 11.6 Å². The van der Waals surface area contributed by atoms with Crippen LogP contribution in [0, 0.1) is 12.7 Å². The molecular weight excluding hydrogens is 469 g/mol. The normalized spacial score (nSPS) is 19.3. The van der Waals surface area contributed by atoms with Crippen molar-refractivity contribution in [2.75, 3.05) is 19.6 Å². The first-order valence-electron chi connectivity index (χ1n) is 11.2. The van der Waals surface area contributed by atoms with E-state index in [1.807, 2.05) is 6.92 Å². The zero-order valence-corrected chi connectivity index (χ0v) is 19.8. The number of carbonyl (C=O) groups excluding carboxylic acids is 1. The van der Waals surface area contributed by atoms with E-state index >= 15 is 0 Å². The van der Waals surface area contributed by atoms with E-state index in [9.17, 15) is 18.0 Å². The standard InChI is InChI=1S/C15H22ClN5O.C8H8F3N/c1-11-12-8-21(9-13(12)20-14(16)19-11)7-4-15(3-6-18-15)2-5-17-10-22;9-7-5(4-12)2-1-3-6(7)8(10)11/h10,18H,2-9H2,1H3,(H,17,22);1-3,8H,4,12H2. The maximum absolute atomic E-state index is 13.0. The molecule has 4 rings (SSSR count). The third kappa shape index (κ3) is 6.44. The first-order chi connectivity index (χ1) is 16.3. The molecule has 34 heavy (non-hydrogen) atoms. The van der Waals surface area contributed by atoms with Crippen LogP contribution in [0.5, 0.6) is 0 Å². The molecule has 1 aromatic carbocycles. The van der Waals surface area contributed by atoms with E-state index in [4.69, 9.17) is 17.3 Å². The van der Waals surface area contributed by atoms with Gasteiger partial charge in [0.1, 0.15) is 5.82 Å². The number of benzene rings is 1. The first-order valence-corrected chi connectivity index (χ1v) is 11.6. The van der Waals surface area contributed by atoms with Crippen molar-refractivity contribution >= 4 is 18.0 Å². The summed E-state index contributed by atoms with van der Waals surface area (Å²) in [4.78, 5) is 21.4. The fraction of sp³-hybridized carbons (Fsp3) is 0.522. The highest BCUT2D eigenvalue weighted by Gasteiger charge is 2.36. The fourth-order valence-corrected chi connectivity index (χ4v) is 4.53. The van der Waals surface area contributed by atoms with E-state index in [0.29, 0.717) is 5.28 Å². The lowest BCUT2D eigenvalue weighted by molar-refractivity contribution is -0.109. The lowest BCUT2D eigenvalue weighted by atomic mass is 9.81. The van der Waals surface area contributed by atoms with Crippen molar-refractivity contribution < 1.29 is 18.0 Å². The number of alkyl halides is 2. The Morgan fingerprint density at radius 2 is 2.09 bits per heavy atom. The Morgan fingerprint density at radius 1 is 1.32 bits per heavy atom. The Labute approximate surface area is 202 Å². The smallest absolute Gasteiger partial charge is 0.266 e. The van der Waals surface area contributed by atoms with Crippen LogP contribution in [0.1, 0.15) is 53.8 Å². The van der Waals surface area contributed by atoms with Crippen LogP contribution in [-0.4, -0.2) is 46.5 Å². The van der Waals surface area contributed by atoms with Crippen LogP contribution in [0.3, 0.4) is 0 Å². The average molecular weight is 499 g/mol. The van der Waals surface area contributed by atoms with Gasteiger partial charge in [-0.3, -0.25) is 9.69 Å². The molecule has 0 bridgehead atoms. The Kier molecular flexibility index (Phi) is 9.24. The molecule has 0 spiro atoms. The Hall–Kier alpha value is -2.27. The van der Waals surface area contributed by atoms with Gasteiger partial charge < -0.3 is 16.4 Å². The summed E-state index contributed by atoms with van der Waals surface area (Å²) in [5, 5.41) is 6.66. The highest BCUT2D eigenvalue weighted by atomic mass is 35.5. The molecule has 1 unspecified atom stereocenters. The van der Waals surface area contributed by atoms with Crippen LogP contribution < -0.4 is 16.4 Å². The number of fused-ring (bicyclic) bond motifs is 1. The summed E-state index contributed by atoms with van der Waals surface area (Å²) in [7, 11) is 0. The summed E-state index contributed by atoms with van der Waals surface area (Å²) in [5.74, 6) is -0.894. The number of hydrogen-bond donors (Lipinski definition) is 3. The Morgan fingerprint density at radius 3 is 2.71 bits per heavy atom. The molecule has 7 nitrogen and oxygen atoms in total. The van der Waals surface area contributed by atoms with Crippen molar-refractivity contribution in [2.45, 2.75) is 57.8 Å². The van der Waals surface area contributed by atoms with Gasteiger partial charge in [0.2, 0.25) is 11.7 Å². The van der Waals surface area contributed by atoms with Crippen molar-refractivity contribution in [3.05, 3.63) is 57.4 Å². The molecule has 1 atom stereocenters. The molecule has 0 radical (unpaired) electrons. The number of nitrogens with one attached hydrogen (secondary N) is 2. The number of halogens is 4. The summed E-state index contributed by atoms with van der Waals surface area (Å²) in [6.07, 6.45) is 1.24. The van der Waals surface area contributed by atoms with Gasteiger partial charge in [-0.25, -0.2) is 23.1 Å². The van der Waals surface area contributed by atoms with Crippen LogP contribution in [0.25, 0.3) is 0 Å². The van der Waals surface area contributed by atoms with E-state index in [0.717, 1.165) is 69.4 Å². The molecule has 2 aliphatic heterocycles. The SMILES string of the molecule is Cc1nc(Cl)nc2c1CN(CCC1(CCNC=O)CCN1)C2.NCc1cccc(C(F)F)c1F. The van der Waals surface area contributed by atoms with Gasteiger partial charge in [-0.2, -0.15) is 0 Å². The van der Waals surface area contributed by atoms with Gasteiger partial charge in [0.15, 0.2) is 0 Å². The number of carbonyl (C=O) groups is 1. The molecule has 0 aliphatic carbocycles. The third-order valence-electron chi connectivity index (χ3n) is 6.43. The molecule has 4 N–H and O–H groups in total. The second kappa shape index (κ2) is 11.9. The summed E-state index contributed by atoms with van der Waals surface area (Å²) in [5.41, 5.74) is 8.13. The summed E-state index contributed by atoms with van der Waals surface area (Å²) < 4.78 is 37.1. The second-order valence-electron chi connectivity index (χ2n) is 8.57. The number of amides is 1. The molecule has 2 aromatic rings. The molecule has 1 saturated heterocycles. The molecule has 2 aliphatic rings. The van der Waals surface area contributed by atoms with Crippen molar-refractivity contribution in [3.63, 3.8) is 0 Å². The molecule has 0 saturated carbocycles. The molecule has 186 valence electrons. The van der Waals surface area contributed by atoms with Gasteiger partial charge in [-0.1, -0.05) is 18.2 Å². The molecule has 3 heterocycles. The number of hydrogen-bond acceptors (Lipinski definition) is 6. The quantitative estimate of drug-likeness (QED) is 0.279. The number of nitrogens with zero attached hydrogens (tertiary/aromatic N) is 3. The molecule has 1 fully saturated rings. The Balaban J connectivity index is 0.000000229. The Bertz CT molecular complexity index is 989. The maximum Gasteiger partial charge on any atom is 0.266 e. The second-order valence-corrected chi connectivity index (χ2v) is 8.91. The highest BCUT2D eigenvalue weighted by molar-refractivity contribution is 6.28. The maximum atomic E-state index is 13.0. The molecular formula is C23H30ClF3N6O. The molecule has 1 aromatic heterocycles. The van der Waals surface area contributed by atoms with E-state index < -0.39 is 17.8 Å². The summed E-state index contributed by atoms with van der Waals surface area (Å²) >= 11 is 5.94. The van der Waals surface area contributed by atoms with Crippen molar-refractivity contribution in [3.8, 4) is 0 Å². The van der Waals surface area contributed by atoms with Crippen molar-refractivity contribution in [1.82, 2.24) is 25.5 Å².